The van der Waals surface area contributed by atoms with Crippen LogP contribution in [-0.4, -0.2) is 21.9 Å². The Hall–Kier alpha value is -3.07. The van der Waals surface area contributed by atoms with E-state index in [9.17, 15) is 14.5 Å². The van der Waals surface area contributed by atoms with Crippen LogP contribution in [0.4, 0.5) is 33.1 Å². The lowest BCUT2D eigenvalue weighted by Gasteiger charge is -2.19. The molecule has 0 radical (unpaired) electrons. The quantitative estimate of drug-likeness (QED) is 0.474. The van der Waals surface area contributed by atoms with Crippen LogP contribution in [0.15, 0.2) is 59.3 Å². The van der Waals surface area contributed by atoms with Crippen LogP contribution in [0.25, 0.3) is 0 Å². The molecule has 0 atom stereocenters. The summed E-state index contributed by atoms with van der Waals surface area (Å²) in [4.78, 5) is 20.6. The van der Waals surface area contributed by atoms with Gasteiger partial charge in [0, 0.05) is 17.2 Å². The summed E-state index contributed by atoms with van der Waals surface area (Å²) < 4.78 is 14.6. The highest BCUT2D eigenvalue weighted by atomic mass is 79.9. The molecule has 26 heavy (non-hydrogen) atoms. The maximum Gasteiger partial charge on any atom is 0.354 e. The Morgan fingerprint density at radius 2 is 1.92 bits per heavy atom. The standard InChI is InChI=1S/C17H13BrFN5O2/c1-23(12-5-3-2-4-6-12)17-15(24(25)26)16(20-10-21-17)22-14-8-7-11(18)9-13(14)19/h2-10H,1H3,(H,20,21,22). The molecule has 9 heteroatoms. The number of para-hydroxylation sites is 1. The summed E-state index contributed by atoms with van der Waals surface area (Å²) in [5.41, 5.74) is 0.444. The molecule has 7 nitrogen and oxygen atoms in total. The molecule has 0 aliphatic heterocycles. The van der Waals surface area contributed by atoms with Crippen molar-refractivity contribution in [2.45, 2.75) is 0 Å². The van der Waals surface area contributed by atoms with E-state index in [2.05, 4.69) is 31.2 Å². The molecule has 0 fully saturated rings. The maximum absolute atomic E-state index is 14.1. The lowest BCUT2D eigenvalue weighted by molar-refractivity contribution is -0.383. The minimum atomic E-state index is -0.589. The van der Waals surface area contributed by atoms with Crippen molar-refractivity contribution in [3.63, 3.8) is 0 Å². The smallest absolute Gasteiger partial charge is 0.332 e. The van der Waals surface area contributed by atoms with Crippen LogP contribution in [0.1, 0.15) is 0 Å². The van der Waals surface area contributed by atoms with E-state index in [1.54, 1.807) is 30.1 Å². The number of anilines is 4. The van der Waals surface area contributed by atoms with E-state index in [0.717, 1.165) is 5.69 Å². The Morgan fingerprint density at radius 3 is 2.58 bits per heavy atom. The normalized spacial score (nSPS) is 10.4. The second-order valence-corrected chi connectivity index (χ2v) is 6.21. The highest BCUT2D eigenvalue weighted by Crippen LogP contribution is 2.36. The van der Waals surface area contributed by atoms with Crippen molar-refractivity contribution in [1.29, 1.82) is 0 Å². The summed E-state index contributed by atoms with van der Waals surface area (Å²) in [5, 5.41) is 14.3. The molecule has 2 aromatic carbocycles. The molecule has 0 bridgehead atoms. The van der Waals surface area contributed by atoms with E-state index in [-0.39, 0.29) is 23.0 Å². The lowest BCUT2D eigenvalue weighted by Crippen LogP contribution is -2.15. The van der Waals surface area contributed by atoms with Gasteiger partial charge in [0.2, 0.25) is 11.6 Å². The van der Waals surface area contributed by atoms with Gasteiger partial charge in [-0.3, -0.25) is 10.1 Å². The highest BCUT2D eigenvalue weighted by Gasteiger charge is 2.26. The van der Waals surface area contributed by atoms with Crippen molar-refractivity contribution in [2.24, 2.45) is 0 Å². The predicted octanol–water partition coefficient (Wildman–Crippen LogP) is 4.80. The van der Waals surface area contributed by atoms with Gasteiger partial charge in [-0.1, -0.05) is 34.1 Å². The van der Waals surface area contributed by atoms with Crippen LogP contribution in [0.5, 0.6) is 0 Å². The summed E-state index contributed by atoms with van der Waals surface area (Å²) in [6, 6.07) is 13.4. The van der Waals surface area contributed by atoms with Gasteiger partial charge in [-0.05, 0) is 30.3 Å². The number of nitrogens with zero attached hydrogens (tertiary/aromatic N) is 4. The summed E-state index contributed by atoms with van der Waals surface area (Å²) >= 11 is 3.17. The molecule has 0 saturated carbocycles. The van der Waals surface area contributed by atoms with Crippen molar-refractivity contribution >= 4 is 44.6 Å². The molecule has 3 aromatic rings. The molecule has 0 saturated heterocycles. The fraction of sp³-hybridized carbons (Fsp3) is 0.0588. The molecule has 0 aliphatic rings. The van der Waals surface area contributed by atoms with Gasteiger partial charge in [-0.15, -0.1) is 0 Å². The lowest BCUT2D eigenvalue weighted by atomic mass is 10.2. The van der Waals surface area contributed by atoms with E-state index in [4.69, 9.17) is 0 Å². The van der Waals surface area contributed by atoms with Gasteiger partial charge in [-0.2, -0.15) is 0 Å². The first-order valence-corrected chi connectivity index (χ1v) is 8.27. The number of nitrogens with one attached hydrogen (secondary N) is 1. The number of benzene rings is 2. The van der Waals surface area contributed by atoms with E-state index < -0.39 is 10.7 Å². The van der Waals surface area contributed by atoms with Gasteiger partial charge in [0.25, 0.3) is 0 Å². The Balaban J connectivity index is 2.05. The van der Waals surface area contributed by atoms with Gasteiger partial charge >= 0.3 is 5.69 Å². The molecule has 0 spiro atoms. The summed E-state index contributed by atoms with van der Waals surface area (Å²) in [6.07, 6.45) is 1.20. The predicted molar refractivity (Wildman–Crippen MR) is 101 cm³/mol. The van der Waals surface area contributed by atoms with Gasteiger partial charge in [-0.25, -0.2) is 14.4 Å². The largest absolute Gasteiger partial charge is 0.354 e. The molecular formula is C17H13BrFN5O2. The topological polar surface area (TPSA) is 84.2 Å². The van der Waals surface area contributed by atoms with Crippen LogP contribution >= 0.6 is 15.9 Å². The fourth-order valence-corrected chi connectivity index (χ4v) is 2.70. The van der Waals surface area contributed by atoms with E-state index >= 15 is 0 Å². The van der Waals surface area contributed by atoms with E-state index in [0.29, 0.717) is 4.47 Å². The van der Waals surface area contributed by atoms with Gasteiger partial charge in [0.1, 0.15) is 12.1 Å². The number of hydrogen-bond donors (Lipinski definition) is 1. The first-order valence-electron chi connectivity index (χ1n) is 7.47. The van der Waals surface area contributed by atoms with Crippen molar-refractivity contribution in [1.82, 2.24) is 9.97 Å². The minimum absolute atomic E-state index is 0.0725. The second-order valence-electron chi connectivity index (χ2n) is 5.30. The summed E-state index contributed by atoms with van der Waals surface area (Å²) in [6.45, 7) is 0. The summed E-state index contributed by atoms with van der Waals surface area (Å²) in [5.74, 6) is -0.564. The second kappa shape index (κ2) is 7.44. The third-order valence-corrected chi connectivity index (χ3v) is 4.12. The molecule has 1 aromatic heterocycles. The first-order chi connectivity index (χ1) is 12.5. The first kappa shape index (κ1) is 17.7. The molecular weight excluding hydrogens is 405 g/mol. The molecule has 1 N–H and O–H groups in total. The zero-order valence-corrected chi connectivity index (χ0v) is 15.1. The van der Waals surface area contributed by atoms with Gasteiger partial charge in [0.05, 0.1) is 10.6 Å². The van der Waals surface area contributed by atoms with Crippen LogP contribution in [0.3, 0.4) is 0 Å². The van der Waals surface area contributed by atoms with Crippen molar-refractivity contribution in [2.75, 3.05) is 17.3 Å². The molecule has 0 aliphatic carbocycles. The number of nitro groups is 1. The number of aromatic nitrogens is 2. The van der Waals surface area contributed by atoms with Crippen LogP contribution in [0, 0.1) is 15.9 Å². The average Bonchev–Trinajstić information content (AvgIpc) is 2.63. The SMILES string of the molecule is CN(c1ccccc1)c1ncnc(Nc2ccc(Br)cc2F)c1[N+](=O)[O-]. The third-order valence-electron chi connectivity index (χ3n) is 3.63. The summed E-state index contributed by atoms with van der Waals surface area (Å²) in [7, 11) is 1.66. The van der Waals surface area contributed by atoms with E-state index in [1.807, 2.05) is 18.2 Å². The maximum atomic E-state index is 14.1. The van der Waals surface area contributed by atoms with Crippen LogP contribution in [0.2, 0.25) is 0 Å². The van der Waals surface area contributed by atoms with Crippen molar-refractivity contribution in [3.05, 3.63) is 75.3 Å². The molecule has 3 rings (SSSR count). The molecule has 1 heterocycles. The number of halogens is 2. The molecule has 0 unspecified atom stereocenters. The average molecular weight is 418 g/mol. The van der Waals surface area contributed by atoms with Crippen LogP contribution < -0.4 is 10.2 Å². The van der Waals surface area contributed by atoms with E-state index in [1.165, 1.54) is 18.5 Å². The highest BCUT2D eigenvalue weighted by molar-refractivity contribution is 9.10. The van der Waals surface area contributed by atoms with Gasteiger partial charge in [0.15, 0.2) is 0 Å². The number of rotatable bonds is 5. The third kappa shape index (κ3) is 3.62. The monoisotopic (exact) mass is 417 g/mol. The zero-order chi connectivity index (χ0) is 18.7. The Morgan fingerprint density at radius 1 is 1.19 bits per heavy atom. The van der Waals surface area contributed by atoms with Crippen LogP contribution in [-0.2, 0) is 0 Å². The van der Waals surface area contributed by atoms with Gasteiger partial charge < -0.3 is 10.2 Å². The Kier molecular flexibility index (Phi) is 5.08. The Labute approximate surface area is 156 Å². The Bertz CT molecular complexity index is 955. The fourth-order valence-electron chi connectivity index (χ4n) is 2.37. The number of hydrogen-bond acceptors (Lipinski definition) is 6. The minimum Gasteiger partial charge on any atom is -0.332 e. The van der Waals surface area contributed by atoms with Crippen molar-refractivity contribution < 1.29 is 9.31 Å². The van der Waals surface area contributed by atoms with Crippen molar-refractivity contribution in [3.8, 4) is 0 Å². The molecule has 132 valence electrons. The molecule has 0 amide bonds. The zero-order valence-electron chi connectivity index (χ0n) is 13.6.